The molecule has 0 unspecified atom stereocenters. The number of nitrogens with two attached hydrogens (primary N) is 1. The van der Waals surface area contributed by atoms with Gasteiger partial charge in [0.15, 0.2) is 5.82 Å². The van der Waals surface area contributed by atoms with Crippen molar-refractivity contribution in [2.45, 2.75) is 6.92 Å². The molecule has 2 aromatic rings. The van der Waals surface area contributed by atoms with Crippen molar-refractivity contribution in [1.29, 1.82) is 0 Å². The standard InChI is InChI=1S/C12H13N5/c1-9-4-2-3-5-10(9)16-8-17(13)12-11(16)6-14-7-15-12/h2-7H,8,13H2,1H3. The number of aryl methyl sites for hydroxylation is 1. The van der Waals surface area contributed by atoms with Gasteiger partial charge in [0, 0.05) is 5.69 Å². The highest BCUT2D eigenvalue weighted by atomic mass is 15.5. The SMILES string of the molecule is Cc1ccccc1N1CN(N)c2ncncc21. The fourth-order valence-electron chi connectivity index (χ4n) is 2.10. The highest BCUT2D eigenvalue weighted by Gasteiger charge is 2.27. The summed E-state index contributed by atoms with van der Waals surface area (Å²) >= 11 is 0. The Hall–Kier alpha value is -2.14. The van der Waals surface area contributed by atoms with Crippen LogP contribution in [-0.2, 0) is 0 Å². The van der Waals surface area contributed by atoms with Crippen molar-refractivity contribution in [3.63, 3.8) is 0 Å². The topological polar surface area (TPSA) is 58.3 Å². The quantitative estimate of drug-likeness (QED) is 0.749. The summed E-state index contributed by atoms with van der Waals surface area (Å²) in [5.74, 6) is 6.69. The molecule has 1 aliphatic rings. The van der Waals surface area contributed by atoms with E-state index in [1.165, 1.54) is 11.9 Å². The molecule has 0 aliphatic carbocycles. The number of fused-ring (bicyclic) bond motifs is 1. The van der Waals surface area contributed by atoms with Crippen LogP contribution in [-0.4, -0.2) is 16.6 Å². The summed E-state index contributed by atoms with van der Waals surface area (Å²) < 4.78 is 0. The van der Waals surface area contributed by atoms with Gasteiger partial charge in [0.05, 0.1) is 6.20 Å². The first-order valence-corrected chi connectivity index (χ1v) is 5.43. The van der Waals surface area contributed by atoms with E-state index >= 15 is 0 Å². The zero-order chi connectivity index (χ0) is 11.8. The summed E-state index contributed by atoms with van der Waals surface area (Å²) in [5, 5.41) is 1.63. The first kappa shape index (κ1) is 10.0. The monoisotopic (exact) mass is 227 g/mol. The Kier molecular flexibility index (Phi) is 2.19. The maximum Gasteiger partial charge on any atom is 0.171 e. The summed E-state index contributed by atoms with van der Waals surface area (Å²) in [7, 11) is 0. The fraction of sp³-hybridized carbons (Fsp3) is 0.167. The molecule has 1 aromatic heterocycles. The van der Waals surface area contributed by atoms with Gasteiger partial charge in [-0.05, 0) is 18.6 Å². The summed E-state index contributed by atoms with van der Waals surface area (Å²) in [6, 6.07) is 8.20. The molecule has 3 rings (SSSR count). The molecule has 1 aliphatic heterocycles. The first-order chi connectivity index (χ1) is 8.27. The number of benzene rings is 1. The average molecular weight is 227 g/mol. The van der Waals surface area contributed by atoms with Gasteiger partial charge in [-0.25, -0.2) is 15.8 Å². The van der Waals surface area contributed by atoms with Crippen molar-refractivity contribution in [2.24, 2.45) is 5.84 Å². The predicted molar refractivity (Wildman–Crippen MR) is 66.9 cm³/mol. The van der Waals surface area contributed by atoms with Crippen LogP contribution in [0, 0.1) is 6.92 Å². The van der Waals surface area contributed by atoms with Crippen molar-refractivity contribution in [2.75, 3.05) is 16.6 Å². The van der Waals surface area contributed by atoms with E-state index in [-0.39, 0.29) is 0 Å². The van der Waals surface area contributed by atoms with E-state index in [2.05, 4.69) is 33.9 Å². The molecule has 0 amide bonds. The van der Waals surface area contributed by atoms with E-state index in [1.807, 2.05) is 12.1 Å². The van der Waals surface area contributed by atoms with Crippen LogP contribution in [0.1, 0.15) is 5.56 Å². The highest BCUT2D eigenvalue weighted by molar-refractivity contribution is 5.79. The smallest absolute Gasteiger partial charge is 0.171 e. The molecule has 5 heteroatoms. The minimum absolute atomic E-state index is 0.596. The molecule has 0 radical (unpaired) electrons. The molecular formula is C12H13N5. The lowest BCUT2D eigenvalue weighted by atomic mass is 10.2. The molecule has 2 heterocycles. The van der Waals surface area contributed by atoms with Gasteiger partial charge in [0.25, 0.3) is 0 Å². The van der Waals surface area contributed by atoms with Crippen LogP contribution < -0.4 is 15.8 Å². The Labute approximate surface area is 99.5 Å². The van der Waals surface area contributed by atoms with Gasteiger partial charge in [-0.15, -0.1) is 0 Å². The summed E-state index contributed by atoms with van der Waals surface area (Å²) in [4.78, 5) is 10.4. The van der Waals surface area contributed by atoms with E-state index in [0.717, 1.165) is 17.2 Å². The Balaban J connectivity index is 2.11. The van der Waals surface area contributed by atoms with Crippen LogP contribution >= 0.6 is 0 Å². The fourth-order valence-corrected chi connectivity index (χ4v) is 2.10. The van der Waals surface area contributed by atoms with Crippen LogP contribution in [0.4, 0.5) is 17.2 Å². The number of hydrogen-bond donors (Lipinski definition) is 1. The lowest BCUT2D eigenvalue weighted by Gasteiger charge is -2.20. The summed E-state index contributed by atoms with van der Waals surface area (Å²) in [6.45, 7) is 2.68. The van der Waals surface area contributed by atoms with Crippen LogP contribution in [0.15, 0.2) is 36.8 Å². The van der Waals surface area contributed by atoms with E-state index in [0.29, 0.717) is 6.67 Å². The molecule has 1 aromatic carbocycles. The molecule has 0 spiro atoms. The van der Waals surface area contributed by atoms with Crippen molar-refractivity contribution < 1.29 is 0 Å². The second kappa shape index (κ2) is 3.71. The normalized spacial score (nSPS) is 14.0. The number of anilines is 3. The maximum absolute atomic E-state index is 5.93. The Bertz CT molecular complexity index is 554. The molecule has 0 saturated heterocycles. The van der Waals surface area contributed by atoms with Crippen molar-refractivity contribution in [3.8, 4) is 0 Å². The van der Waals surface area contributed by atoms with Gasteiger partial charge in [-0.3, -0.25) is 5.01 Å². The van der Waals surface area contributed by atoms with Gasteiger partial charge in [-0.2, -0.15) is 0 Å². The molecule has 0 bridgehead atoms. The maximum atomic E-state index is 5.93. The van der Waals surface area contributed by atoms with E-state index in [4.69, 9.17) is 5.84 Å². The minimum atomic E-state index is 0.596. The van der Waals surface area contributed by atoms with E-state index in [9.17, 15) is 0 Å². The van der Waals surface area contributed by atoms with Crippen LogP contribution in [0.2, 0.25) is 0 Å². The van der Waals surface area contributed by atoms with E-state index in [1.54, 1.807) is 11.2 Å². The van der Waals surface area contributed by atoms with Gasteiger partial charge in [0.2, 0.25) is 0 Å². The molecule has 17 heavy (non-hydrogen) atoms. The van der Waals surface area contributed by atoms with Crippen molar-refractivity contribution in [3.05, 3.63) is 42.4 Å². The van der Waals surface area contributed by atoms with Crippen molar-refractivity contribution in [1.82, 2.24) is 9.97 Å². The molecule has 0 fully saturated rings. The van der Waals surface area contributed by atoms with Gasteiger partial charge in [-0.1, -0.05) is 18.2 Å². The third-order valence-electron chi connectivity index (χ3n) is 2.94. The van der Waals surface area contributed by atoms with Crippen molar-refractivity contribution >= 4 is 17.2 Å². The number of rotatable bonds is 1. The van der Waals surface area contributed by atoms with Gasteiger partial charge < -0.3 is 4.90 Å². The van der Waals surface area contributed by atoms with Gasteiger partial charge >= 0.3 is 0 Å². The lowest BCUT2D eigenvalue weighted by Crippen LogP contribution is -2.34. The van der Waals surface area contributed by atoms with E-state index < -0.39 is 0 Å². The minimum Gasteiger partial charge on any atom is -0.317 e. The first-order valence-electron chi connectivity index (χ1n) is 5.43. The average Bonchev–Trinajstić information content (AvgIpc) is 2.68. The molecule has 5 nitrogen and oxygen atoms in total. The number of hydrazine groups is 1. The summed E-state index contributed by atoms with van der Waals surface area (Å²) in [5.41, 5.74) is 3.29. The molecule has 2 N–H and O–H groups in total. The Morgan fingerprint density at radius 1 is 1.24 bits per heavy atom. The van der Waals surface area contributed by atoms with Crippen LogP contribution in [0.25, 0.3) is 0 Å². The molecular weight excluding hydrogens is 214 g/mol. The van der Waals surface area contributed by atoms with Crippen LogP contribution in [0.3, 0.4) is 0 Å². The zero-order valence-electron chi connectivity index (χ0n) is 9.54. The van der Waals surface area contributed by atoms with Crippen LogP contribution in [0.5, 0.6) is 0 Å². The number of hydrogen-bond acceptors (Lipinski definition) is 5. The third-order valence-corrected chi connectivity index (χ3v) is 2.94. The molecule has 0 saturated carbocycles. The van der Waals surface area contributed by atoms with Gasteiger partial charge in [0.1, 0.15) is 18.7 Å². The third kappa shape index (κ3) is 1.52. The Morgan fingerprint density at radius 3 is 2.88 bits per heavy atom. The molecule has 86 valence electrons. The number of para-hydroxylation sites is 1. The molecule has 0 atom stereocenters. The predicted octanol–water partition coefficient (Wildman–Crippen LogP) is 1.57. The number of aromatic nitrogens is 2. The highest BCUT2D eigenvalue weighted by Crippen LogP contribution is 2.37. The second-order valence-corrected chi connectivity index (χ2v) is 4.06. The zero-order valence-corrected chi connectivity index (χ0v) is 9.54. The Morgan fingerprint density at radius 2 is 2.06 bits per heavy atom. The summed E-state index contributed by atoms with van der Waals surface area (Å²) in [6.07, 6.45) is 3.31. The number of nitrogens with zero attached hydrogens (tertiary/aromatic N) is 4. The largest absolute Gasteiger partial charge is 0.317 e. The second-order valence-electron chi connectivity index (χ2n) is 4.06. The lowest BCUT2D eigenvalue weighted by molar-refractivity contribution is 0.873.